The molecule has 1 atom stereocenters. The number of piperazine rings is 1. The molecule has 0 aromatic heterocycles. The highest BCUT2D eigenvalue weighted by Crippen LogP contribution is 2.21. The van der Waals surface area contributed by atoms with Crippen LogP contribution in [0.2, 0.25) is 0 Å². The maximum absolute atomic E-state index is 12.6. The van der Waals surface area contributed by atoms with Gasteiger partial charge in [0.25, 0.3) is 5.91 Å². The fourth-order valence-corrected chi connectivity index (χ4v) is 3.26. The van der Waals surface area contributed by atoms with Gasteiger partial charge >= 0.3 is 0 Å². The van der Waals surface area contributed by atoms with Gasteiger partial charge in [0.05, 0.1) is 38.3 Å². The number of nitrogens with zero attached hydrogens (tertiary/aromatic N) is 2. The van der Waals surface area contributed by atoms with Gasteiger partial charge in [-0.05, 0) is 12.1 Å². The Morgan fingerprint density at radius 3 is 2.36 bits per heavy atom. The molecule has 2 saturated heterocycles. The lowest BCUT2D eigenvalue weighted by atomic mass is 10.1. The Bertz CT molecular complexity index is 594. The number of anilines is 1. The van der Waals surface area contributed by atoms with Gasteiger partial charge in [-0.1, -0.05) is 18.2 Å². The predicted octanol–water partition coefficient (Wildman–Crippen LogP) is -0.934. The molecule has 6 nitrogen and oxygen atoms in total. The van der Waals surface area contributed by atoms with Gasteiger partial charge < -0.3 is 9.80 Å². The van der Waals surface area contributed by atoms with E-state index in [1.807, 2.05) is 18.2 Å². The monoisotopic (exact) mass is 302 g/mol. The normalized spacial score (nSPS) is 23.2. The van der Waals surface area contributed by atoms with Crippen LogP contribution in [-0.2, 0) is 14.4 Å². The molecule has 0 saturated carbocycles. The number of nitrogens with one attached hydrogen (secondary N) is 1. The van der Waals surface area contributed by atoms with Gasteiger partial charge in [-0.25, -0.2) is 4.90 Å². The summed E-state index contributed by atoms with van der Waals surface area (Å²) in [6.45, 7) is 4.28. The third-order valence-electron chi connectivity index (χ3n) is 4.50. The molecule has 2 heterocycles. The second-order valence-corrected chi connectivity index (χ2v) is 5.82. The number of imide groups is 1. The summed E-state index contributed by atoms with van der Waals surface area (Å²) in [4.78, 5) is 40.4. The number of hydrogen-bond acceptors (Lipinski definition) is 3. The number of para-hydroxylation sites is 1. The van der Waals surface area contributed by atoms with Gasteiger partial charge in [-0.15, -0.1) is 0 Å². The summed E-state index contributed by atoms with van der Waals surface area (Å²) in [6, 6.07) is 8.74. The molecule has 116 valence electrons. The minimum atomic E-state index is -0.318. The van der Waals surface area contributed by atoms with Crippen molar-refractivity contribution >= 4 is 23.4 Å². The summed E-state index contributed by atoms with van der Waals surface area (Å²) in [5.74, 6) is -0.191. The van der Waals surface area contributed by atoms with Gasteiger partial charge in [0, 0.05) is 6.92 Å². The second kappa shape index (κ2) is 5.88. The highest BCUT2D eigenvalue weighted by Gasteiger charge is 2.46. The Balaban J connectivity index is 1.71. The largest absolute Gasteiger partial charge is 0.332 e. The van der Waals surface area contributed by atoms with E-state index >= 15 is 0 Å². The van der Waals surface area contributed by atoms with Crippen molar-refractivity contribution in [2.45, 2.75) is 19.4 Å². The summed E-state index contributed by atoms with van der Waals surface area (Å²) in [7, 11) is 0. The average molecular weight is 302 g/mol. The van der Waals surface area contributed by atoms with Crippen LogP contribution in [0.4, 0.5) is 5.69 Å². The zero-order valence-corrected chi connectivity index (χ0v) is 12.6. The molecule has 2 aliphatic rings. The van der Waals surface area contributed by atoms with Crippen LogP contribution >= 0.6 is 0 Å². The Kier molecular flexibility index (Phi) is 3.94. The molecular weight excluding hydrogens is 282 g/mol. The minimum Gasteiger partial charge on any atom is -0.332 e. The predicted molar refractivity (Wildman–Crippen MR) is 80.3 cm³/mol. The molecule has 0 bridgehead atoms. The summed E-state index contributed by atoms with van der Waals surface area (Å²) in [5, 5.41) is 0. The van der Waals surface area contributed by atoms with Crippen molar-refractivity contribution in [1.82, 2.24) is 4.90 Å². The van der Waals surface area contributed by atoms with Crippen molar-refractivity contribution in [3.8, 4) is 0 Å². The first-order valence-corrected chi connectivity index (χ1v) is 7.60. The summed E-state index contributed by atoms with van der Waals surface area (Å²) >= 11 is 0. The number of carbonyl (C=O) groups is 3. The summed E-state index contributed by atoms with van der Waals surface area (Å²) < 4.78 is 0. The smallest absolute Gasteiger partial charge is 0.292 e. The molecule has 2 aliphatic heterocycles. The lowest BCUT2D eigenvalue weighted by Gasteiger charge is -2.33. The first-order valence-electron chi connectivity index (χ1n) is 7.60. The van der Waals surface area contributed by atoms with E-state index in [4.69, 9.17) is 0 Å². The van der Waals surface area contributed by atoms with Crippen LogP contribution < -0.4 is 9.80 Å². The topological polar surface area (TPSA) is 62.1 Å². The molecule has 1 N–H and O–H groups in total. The molecule has 0 radical (unpaired) electrons. The molecule has 6 heteroatoms. The number of carbonyl (C=O) groups excluding carboxylic acids is 3. The lowest BCUT2D eigenvalue weighted by molar-refractivity contribution is -0.918. The quantitative estimate of drug-likeness (QED) is 0.718. The van der Waals surface area contributed by atoms with Crippen LogP contribution in [0.25, 0.3) is 0 Å². The van der Waals surface area contributed by atoms with Crippen molar-refractivity contribution in [2.75, 3.05) is 31.1 Å². The number of amides is 3. The van der Waals surface area contributed by atoms with Crippen LogP contribution in [0.3, 0.4) is 0 Å². The van der Waals surface area contributed by atoms with E-state index in [0.29, 0.717) is 31.9 Å². The average Bonchev–Trinajstić information content (AvgIpc) is 2.83. The fraction of sp³-hybridized carbons (Fsp3) is 0.438. The SMILES string of the molecule is CC(=O)N1CC[NH+](C2CC(=O)N(c3ccccc3)C2=O)CC1. The number of hydrogen-bond donors (Lipinski definition) is 1. The van der Waals surface area contributed by atoms with Gasteiger partial charge in [-0.3, -0.25) is 14.4 Å². The van der Waals surface area contributed by atoms with E-state index in [2.05, 4.69) is 0 Å². The maximum atomic E-state index is 12.6. The number of rotatable bonds is 2. The Morgan fingerprint density at radius 2 is 1.77 bits per heavy atom. The van der Waals surface area contributed by atoms with Crippen LogP contribution in [0, 0.1) is 0 Å². The maximum Gasteiger partial charge on any atom is 0.292 e. The highest BCUT2D eigenvalue weighted by molar-refractivity contribution is 6.21. The Labute approximate surface area is 129 Å². The van der Waals surface area contributed by atoms with E-state index in [0.717, 1.165) is 4.90 Å². The van der Waals surface area contributed by atoms with Gasteiger partial charge in [0.2, 0.25) is 11.8 Å². The van der Waals surface area contributed by atoms with Crippen LogP contribution in [0.5, 0.6) is 0 Å². The van der Waals surface area contributed by atoms with Gasteiger partial charge in [0.1, 0.15) is 0 Å². The van der Waals surface area contributed by atoms with Crippen LogP contribution in [0.1, 0.15) is 13.3 Å². The zero-order valence-electron chi connectivity index (χ0n) is 12.6. The minimum absolute atomic E-state index is 0.0683. The third-order valence-corrected chi connectivity index (χ3v) is 4.50. The first kappa shape index (κ1) is 14.7. The van der Waals surface area contributed by atoms with Gasteiger partial charge in [0.15, 0.2) is 6.04 Å². The number of quaternary nitrogens is 1. The van der Waals surface area contributed by atoms with Crippen molar-refractivity contribution in [1.29, 1.82) is 0 Å². The molecule has 3 rings (SSSR count). The zero-order chi connectivity index (χ0) is 15.7. The summed E-state index contributed by atoms with van der Waals surface area (Å²) in [6.07, 6.45) is 0.253. The second-order valence-electron chi connectivity index (χ2n) is 5.82. The van der Waals surface area contributed by atoms with Gasteiger partial charge in [-0.2, -0.15) is 0 Å². The molecule has 0 aliphatic carbocycles. The molecule has 0 spiro atoms. The van der Waals surface area contributed by atoms with Crippen LogP contribution in [-0.4, -0.2) is 54.8 Å². The molecular formula is C16H20N3O3+. The number of benzene rings is 1. The Morgan fingerprint density at radius 1 is 1.14 bits per heavy atom. The van der Waals surface area contributed by atoms with E-state index in [1.54, 1.807) is 24.0 Å². The molecule has 3 amide bonds. The van der Waals surface area contributed by atoms with E-state index in [1.165, 1.54) is 4.90 Å². The van der Waals surface area contributed by atoms with E-state index in [9.17, 15) is 14.4 Å². The first-order chi connectivity index (χ1) is 10.6. The van der Waals surface area contributed by atoms with Crippen LogP contribution in [0.15, 0.2) is 30.3 Å². The lowest BCUT2D eigenvalue weighted by Crippen LogP contribution is -3.19. The van der Waals surface area contributed by atoms with E-state index in [-0.39, 0.29) is 30.2 Å². The molecule has 1 unspecified atom stereocenters. The fourth-order valence-electron chi connectivity index (χ4n) is 3.26. The van der Waals surface area contributed by atoms with Crippen molar-refractivity contribution < 1.29 is 19.3 Å². The molecule has 1 aromatic carbocycles. The van der Waals surface area contributed by atoms with Crippen molar-refractivity contribution in [3.63, 3.8) is 0 Å². The molecule has 2 fully saturated rings. The third kappa shape index (κ3) is 2.62. The standard InChI is InChI=1S/C16H19N3O3/c1-12(20)17-7-9-18(10-8-17)14-11-15(21)19(16(14)22)13-5-3-2-4-6-13/h2-6,14H,7-11H2,1H3/p+1. The highest BCUT2D eigenvalue weighted by atomic mass is 16.2. The Hall–Kier alpha value is -2.21. The molecule has 1 aromatic rings. The molecule has 22 heavy (non-hydrogen) atoms. The van der Waals surface area contributed by atoms with Crippen molar-refractivity contribution in [2.24, 2.45) is 0 Å². The van der Waals surface area contributed by atoms with Crippen molar-refractivity contribution in [3.05, 3.63) is 30.3 Å². The van der Waals surface area contributed by atoms with E-state index < -0.39 is 0 Å². The summed E-state index contributed by atoms with van der Waals surface area (Å²) in [5.41, 5.74) is 0.641.